The first-order chi connectivity index (χ1) is 7.03. The van der Waals surface area contributed by atoms with Crippen LogP contribution in [0.3, 0.4) is 0 Å². The Labute approximate surface area is 99.8 Å². The molecule has 0 amide bonds. The highest BCUT2D eigenvalue weighted by Crippen LogP contribution is 2.43. The van der Waals surface area contributed by atoms with E-state index in [-0.39, 0.29) is 3.57 Å². The smallest absolute Gasteiger partial charge is 0.398 e. The highest BCUT2D eigenvalue weighted by atomic mass is 127. The summed E-state index contributed by atoms with van der Waals surface area (Å²) in [6, 6.07) is 1.26. The summed E-state index contributed by atoms with van der Waals surface area (Å²) in [7, 11) is 0. The highest BCUT2D eigenvalue weighted by Gasteiger charge is 2.44. The van der Waals surface area contributed by atoms with Crippen LogP contribution in [-0.2, 0) is 12.4 Å². The van der Waals surface area contributed by atoms with Crippen molar-refractivity contribution in [2.24, 2.45) is 0 Å². The van der Waals surface area contributed by atoms with E-state index in [9.17, 15) is 26.3 Å². The molecule has 0 aromatic heterocycles. The van der Waals surface area contributed by atoms with E-state index in [2.05, 4.69) is 0 Å². The molecule has 0 bridgehead atoms. The van der Waals surface area contributed by atoms with Crippen LogP contribution in [0.5, 0.6) is 0 Å². The van der Waals surface area contributed by atoms with E-state index in [0.717, 1.165) is 6.07 Å². The minimum atomic E-state index is -5.13. The van der Waals surface area contributed by atoms with E-state index < -0.39 is 29.2 Å². The Bertz CT molecular complexity index is 408. The molecule has 0 aliphatic rings. The fourth-order valence-corrected chi connectivity index (χ4v) is 1.81. The molecule has 8 heteroatoms. The number of nitrogens with two attached hydrogens (primary N) is 1. The van der Waals surface area contributed by atoms with Crippen molar-refractivity contribution in [3.8, 4) is 0 Å². The number of nitrogen functional groups attached to an aromatic ring is 1. The normalized spacial score (nSPS) is 12.9. The maximum Gasteiger partial charge on any atom is 0.418 e. The molecule has 1 rings (SSSR count). The Hall–Kier alpha value is -0.670. The van der Waals surface area contributed by atoms with Crippen molar-refractivity contribution in [3.63, 3.8) is 0 Å². The van der Waals surface area contributed by atoms with Crippen molar-refractivity contribution in [1.82, 2.24) is 0 Å². The SMILES string of the molecule is Nc1cc(I)cc(C(F)(F)F)c1C(F)(F)F. The molecule has 0 fully saturated rings. The molecular weight excluding hydrogens is 351 g/mol. The number of rotatable bonds is 0. The van der Waals surface area contributed by atoms with E-state index in [1.807, 2.05) is 0 Å². The number of hydrogen-bond acceptors (Lipinski definition) is 1. The monoisotopic (exact) mass is 355 g/mol. The minimum Gasteiger partial charge on any atom is -0.398 e. The predicted molar refractivity (Wildman–Crippen MR) is 53.6 cm³/mol. The topological polar surface area (TPSA) is 26.0 Å². The molecule has 1 aromatic rings. The van der Waals surface area contributed by atoms with Crippen LogP contribution in [0.2, 0.25) is 0 Å². The summed E-state index contributed by atoms with van der Waals surface area (Å²) in [5, 5.41) is 0. The molecule has 0 radical (unpaired) electrons. The lowest BCUT2D eigenvalue weighted by Crippen LogP contribution is -2.19. The van der Waals surface area contributed by atoms with Crippen molar-refractivity contribution >= 4 is 28.3 Å². The molecule has 16 heavy (non-hydrogen) atoms. The largest absolute Gasteiger partial charge is 0.418 e. The average Bonchev–Trinajstić information content (AvgIpc) is 1.97. The highest BCUT2D eigenvalue weighted by molar-refractivity contribution is 14.1. The Morgan fingerprint density at radius 3 is 1.81 bits per heavy atom. The zero-order valence-corrected chi connectivity index (χ0v) is 9.54. The summed E-state index contributed by atoms with van der Waals surface area (Å²) in [4.78, 5) is 0. The van der Waals surface area contributed by atoms with Gasteiger partial charge in [-0.1, -0.05) is 0 Å². The third-order valence-corrected chi connectivity index (χ3v) is 2.35. The van der Waals surface area contributed by atoms with Crippen LogP contribution >= 0.6 is 22.6 Å². The predicted octanol–water partition coefficient (Wildman–Crippen LogP) is 3.91. The van der Waals surface area contributed by atoms with Gasteiger partial charge in [-0.3, -0.25) is 0 Å². The van der Waals surface area contributed by atoms with Gasteiger partial charge in [0.05, 0.1) is 11.1 Å². The van der Waals surface area contributed by atoms with Crippen LogP contribution in [0.1, 0.15) is 11.1 Å². The van der Waals surface area contributed by atoms with Gasteiger partial charge in [0, 0.05) is 9.26 Å². The van der Waals surface area contributed by atoms with Gasteiger partial charge in [-0.2, -0.15) is 26.3 Å². The first-order valence-corrected chi connectivity index (χ1v) is 4.85. The van der Waals surface area contributed by atoms with Gasteiger partial charge in [-0.15, -0.1) is 0 Å². The van der Waals surface area contributed by atoms with Crippen molar-refractivity contribution in [3.05, 3.63) is 26.8 Å². The van der Waals surface area contributed by atoms with Gasteiger partial charge in [-0.05, 0) is 34.7 Å². The zero-order chi connectivity index (χ0) is 12.7. The number of anilines is 1. The molecule has 0 heterocycles. The molecule has 0 saturated heterocycles. The number of benzene rings is 1. The maximum atomic E-state index is 12.4. The lowest BCUT2D eigenvalue weighted by Gasteiger charge is -2.17. The number of hydrogen-bond donors (Lipinski definition) is 1. The van der Waals surface area contributed by atoms with E-state index >= 15 is 0 Å². The third kappa shape index (κ3) is 2.71. The Kier molecular flexibility index (Phi) is 3.32. The lowest BCUT2D eigenvalue weighted by atomic mass is 10.0. The number of halogens is 7. The quantitative estimate of drug-likeness (QED) is 0.426. The Morgan fingerprint density at radius 1 is 0.938 bits per heavy atom. The Morgan fingerprint density at radius 2 is 1.44 bits per heavy atom. The second-order valence-electron chi connectivity index (χ2n) is 2.91. The van der Waals surface area contributed by atoms with Crippen LogP contribution in [-0.4, -0.2) is 0 Å². The van der Waals surface area contributed by atoms with Crippen LogP contribution in [0, 0.1) is 3.57 Å². The zero-order valence-electron chi connectivity index (χ0n) is 7.38. The van der Waals surface area contributed by atoms with Crippen LogP contribution in [0.25, 0.3) is 0 Å². The van der Waals surface area contributed by atoms with Crippen LogP contribution in [0.4, 0.5) is 32.0 Å². The Balaban J connectivity index is 3.58. The molecule has 0 aliphatic carbocycles. The summed E-state index contributed by atoms with van der Waals surface area (Å²) in [5.41, 5.74) is 0.463. The molecule has 90 valence electrons. The standard InChI is InChI=1S/C8H4F6IN/c9-7(10,11)4-1-3(15)2-5(16)6(4)8(12,13)14/h1-2H,16H2. The molecular formula is C8H4F6IN. The van der Waals surface area contributed by atoms with Gasteiger partial charge >= 0.3 is 12.4 Å². The van der Waals surface area contributed by atoms with Gasteiger partial charge in [-0.25, -0.2) is 0 Å². The van der Waals surface area contributed by atoms with Gasteiger partial charge in [0.2, 0.25) is 0 Å². The fraction of sp³-hybridized carbons (Fsp3) is 0.250. The summed E-state index contributed by atoms with van der Waals surface area (Å²) >= 11 is 1.47. The molecule has 0 saturated carbocycles. The van der Waals surface area contributed by atoms with E-state index in [4.69, 9.17) is 5.73 Å². The molecule has 1 aromatic carbocycles. The molecule has 0 spiro atoms. The second-order valence-corrected chi connectivity index (χ2v) is 4.16. The summed E-state index contributed by atoms with van der Waals surface area (Å²) in [5.74, 6) is 0. The third-order valence-electron chi connectivity index (χ3n) is 1.72. The first-order valence-electron chi connectivity index (χ1n) is 3.77. The molecule has 0 unspecified atom stereocenters. The van der Waals surface area contributed by atoms with Crippen molar-refractivity contribution in [1.29, 1.82) is 0 Å². The van der Waals surface area contributed by atoms with Gasteiger partial charge in [0.1, 0.15) is 0 Å². The molecule has 1 nitrogen and oxygen atoms in total. The van der Waals surface area contributed by atoms with Gasteiger partial charge < -0.3 is 5.73 Å². The first kappa shape index (κ1) is 13.4. The summed E-state index contributed by atoms with van der Waals surface area (Å²) < 4.78 is 74.3. The van der Waals surface area contributed by atoms with Crippen molar-refractivity contribution in [2.45, 2.75) is 12.4 Å². The van der Waals surface area contributed by atoms with E-state index in [1.54, 1.807) is 0 Å². The number of alkyl halides is 6. The minimum absolute atomic E-state index is 0.00424. The summed E-state index contributed by atoms with van der Waals surface area (Å²) in [6.45, 7) is 0. The van der Waals surface area contributed by atoms with Gasteiger partial charge in [0.15, 0.2) is 0 Å². The summed E-state index contributed by atoms with van der Waals surface area (Å²) in [6.07, 6.45) is -10.2. The molecule has 0 atom stereocenters. The maximum absolute atomic E-state index is 12.4. The molecule has 0 aliphatic heterocycles. The van der Waals surface area contributed by atoms with Crippen LogP contribution < -0.4 is 5.73 Å². The fourth-order valence-electron chi connectivity index (χ4n) is 1.17. The van der Waals surface area contributed by atoms with Crippen LogP contribution in [0.15, 0.2) is 12.1 Å². The van der Waals surface area contributed by atoms with Crippen molar-refractivity contribution < 1.29 is 26.3 Å². The van der Waals surface area contributed by atoms with E-state index in [1.165, 1.54) is 22.6 Å². The van der Waals surface area contributed by atoms with Crippen molar-refractivity contribution in [2.75, 3.05) is 5.73 Å². The lowest BCUT2D eigenvalue weighted by molar-refractivity contribution is -0.161. The second kappa shape index (κ2) is 3.97. The van der Waals surface area contributed by atoms with Gasteiger partial charge in [0.25, 0.3) is 0 Å². The average molecular weight is 355 g/mol. The van der Waals surface area contributed by atoms with E-state index in [0.29, 0.717) is 6.07 Å². The molecule has 2 N–H and O–H groups in total.